The molecule has 0 unspecified atom stereocenters. The van der Waals surface area contributed by atoms with E-state index in [-0.39, 0.29) is 36.2 Å². The normalized spacial score (nSPS) is 11.8. The molecule has 4 nitrogen and oxygen atoms in total. The van der Waals surface area contributed by atoms with E-state index < -0.39 is 15.9 Å². The summed E-state index contributed by atoms with van der Waals surface area (Å²) in [5.74, 6) is -0.619. The van der Waals surface area contributed by atoms with Gasteiger partial charge in [0.1, 0.15) is 6.61 Å². The fourth-order valence-electron chi connectivity index (χ4n) is 0.373. The molecule has 0 aromatic carbocycles. The summed E-state index contributed by atoms with van der Waals surface area (Å²) in [7, 11) is -4.23. The Balaban J connectivity index is 0. The molecule has 0 N–H and O–H groups in total. The van der Waals surface area contributed by atoms with Crippen LogP contribution >= 0.6 is 0 Å². The molecule has 0 aromatic heterocycles. The predicted octanol–water partition coefficient (Wildman–Crippen LogP) is -2.45. The Kier molecular flexibility index (Phi) is 10.4. The van der Waals surface area contributed by atoms with E-state index in [1.807, 2.05) is 0 Å². The second kappa shape index (κ2) is 8.71. The van der Waals surface area contributed by atoms with Crippen molar-refractivity contribution in [2.24, 2.45) is 0 Å². The Morgan fingerprint density at radius 2 is 2.00 bits per heavy atom. The van der Waals surface area contributed by atoms with Gasteiger partial charge >= 0.3 is 29.6 Å². The van der Waals surface area contributed by atoms with Crippen LogP contribution in [0.25, 0.3) is 0 Å². The van der Waals surface area contributed by atoms with Gasteiger partial charge in [-0.1, -0.05) is 0 Å². The smallest absolute Gasteiger partial charge is 0.748 e. The van der Waals surface area contributed by atoms with Crippen LogP contribution in [0.2, 0.25) is 0 Å². The van der Waals surface area contributed by atoms with E-state index in [0.717, 1.165) is 18.4 Å². The number of ether oxygens (including phenoxy) is 1. The molecule has 0 aliphatic heterocycles. The van der Waals surface area contributed by atoms with Gasteiger partial charge < -0.3 is 9.29 Å². The molecule has 0 amide bonds. The number of hydrogen-bond donors (Lipinski definition) is 0. The molecule has 0 aliphatic carbocycles. The minimum absolute atomic E-state index is 0. The Hall–Kier alpha value is 0.120. The van der Waals surface area contributed by atoms with Gasteiger partial charge in [0, 0.05) is 0 Å². The Morgan fingerprint density at radius 3 is 2.46 bits per heavy atom. The molecule has 0 saturated heterocycles. The van der Waals surface area contributed by atoms with Crippen LogP contribution in [0.1, 0.15) is 0 Å². The maximum atomic E-state index is 11.3. The molecule has 0 rings (SSSR count). The van der Waals surface area contributed by atoms with Crippen LogP contribution in [0, 0.1) is 0 Å². The topological polar surface area (TPSA) is 66.4 Å². The maximum absolute atomic E-state index is 11.3. The van der Waals surface area contributed by atoms with Crippen LogP contribution in [0.5, 0.6) is 0 Å². The van der Waals surface area contributed by atoms with Gasteiger partial charge in [-0.25, -0.2) is 12.8 Å². The van der Waals surface area contributed by atoms with Crippen LogP contribution in [0.3, 0.4) is 0 Å². The van der Waals surface area contributed by atoms with Crippen molar-refractivity contribution in [1.82, 2.24) is 0 Å². The summed E-state index contributed by atoms with van der Waals surface area (Å²) in [5.41, 5.74) is 0. The molecule has 70 valence electrons. The van der Waals surface area contributed by atoms with Gasteiger partial charge in [0.15, 0.2) is 0 Å². The summed E-state index contributed by atoms with van der Waals surface area (Å²) in [6, 6.07) is 0. The molecule has 0 heterocycles. The van der Waals surface area contributed by atoms with Crippen LogP contribution < -0.4 is 29.6 Å². The fraction of sp³-hybridized carbons (Fsp3) is 0.333. The third-order valence-electron chi connectivity index (χ3n) is 0.774. The molecule has 0 atom stereocenters. The molecule has 0 aromatic rings. The first-order chi connectivity index (χ1) is 5.56. The van der Waals surface area contributed by atoms with Gasteiger partial charge in [0.2, 0.25) is 0 Å². The van der Waals surface area contributed by atoms with E-state index in [2.05, 4.69) is 4.74 Å². The zero-order valence-electron chi connectivity index (χ0n) is 7.14. The van der Waals surface area contributed by atoms with E-state index >= 15 is 0 Å². The zero-order valence-corrected chi connectivity index (χ0v) is 9.96. The van der Waals surface area contributed by atoms with Crippen LogP contribution in [-0.4, -0.2) is 25.3 Å². The summed E-state index contributed by atoms with van der Waals surface area (Å²) in [6.07, 6.45) is 3.48. The summed E-state index contributed by atoms with van der Waals surface area (Å²) in [4.78, 5) is 0. The number of halogens is 1. The second-order valence-electron chi connectivity index (χ2n) is 1.79. The van der Waals surface area contributed by atoms with Crippen molar-refractivity contribution in [3.8, 4) is 0 Å². The van der Waals surface area contributed by atoms with Crippen molar-refractivity contribution in [2.75, 3.05) is 12.4 Å². The van der Waals surface area contributed by atoms with Crippen molar-refractivity contribution in [3.05, 3.63) is 24.7 Å². The van der Waals surface area contributed by atoms with E-state index in [4.69, 9.17) is 0 Å². The van der Waals surface area contributed by atoms with Gasteiger partial charge in [0.05, 0.1) is 28.5 Å². The monoisotopic (exact) mass is 218 g/mol. The minimum atomic E-state index is -4.23. The summed E-state index contributed by atoms with van der Waals surface area (Å²) in [5, 5.41) is 0. The van der Waals surface area contributed by atoms with E-state index in [1.54, 1.807) is 0 Å². The average Bonchev–Trinajstić information content (AvgIpc) is 1.94. The standard InChI is InChI=1S/C6H9FO4S.Na/c7-3-1-4-11-5-2-6-12(8,9)10;/h1-3,5H,4,6H2,(H,8,9,10);/q;+1/p-1. The fourth-order valence-corrected chi connectivity index (χ4v) is 0.687. The molecule has 7 heteroatoms. The van der Waals surface area contributed by atoms with E-state index in [1.165, 1.54) is 0 Å². The van der Waals surface area contributed by atoms with Crippen molar-refractivity contribution in [2.45, 2.75) is 0 Å². The van der Waals surface area contributed by atoms with E-state index in [9.17, 15) is 17.4 Å². The van der Waals surface area contributed by atoms with Gasteiger partial charge in [-0.05, 0) is 12.2 Å². The zero-order chi connectivity index (χ0) is 9.45. The third-order valence-corrected chi connectivity index (χ3v) is 1.38. The minimum Gasteiger partial charge on any atom is -0.748 e. The third kappa shape index (κ3) is 14.9. The molecule has 13 heavy (non-hydrogen) atoms. The van der Waals surface area contributed by atoms with Crippen LogP contribution in [0.4, 0.5) is 4.39 Å². The largest absolute Gasteiger partial charge is 1.00 e. The number of hydrogen-bond acceptors (Lipinski definition) is 4. The molecule has 0 fully saturated rings. The first kappa shape index (κ1) is 15.6. The van der Waals surface area contributed by atoms with Gasteiger partial charge in [-0.2, -0.15) is 0 Å². The molecule has 0 aliphatic rings. The maximum Gasteiger partial charge on any atom is 1.00 e. The summed E-state index contributed by atoms with van der Waals surface area (Å²) in [6.45, 7) is 0.00586. The molecule has 0 saturated carbocycles. The van der Waals surface area contributed by atoms with Crippen molar-refractivity contribution >= 4 is 10.1 Å². The second-order valence-corrected chi connectivity index (χ2v) is 3.24. The van der Waals surface area contributed by atoms with Crippen molar-refractivity contribution in [1.29, 1.82) is 0 Å². The molecular formula is C6H8FNaO4S. The Labute approximate surface area is 98.5 Å². The van der Waals surface area contributed by atoms with Gasteiger partial charge in [-0.3, -0.25) is 0 Å². The van der Waals surface area contributed by atoms with Gasteiger partial charge in [-0.15, -0.1) is 0 Å². The van der Waals surface area contributed by atoms with Crippen LogP contribution in [0.15, 0.2) is 24.7 Å². The summed E-state index contributed by atoms with van der Waals surface area (Å²) < 4.78 is 45.8. The Bertz CT molecular complexity index is 260. The molecule has 0 spiro atoms. The van der Waals surface area contributed by atoms with Crippen molar-refractivity contribution in [3.63, 3.8) is 0 Å². The molecule has 0 radical (unpaired) electrons. The van der Waals surface area contributed by atoms with Crippen LogP contribution in [-0.2, 0) is 14.9 Å². The van der Waals surface area contributed by atoms with E-state index in [0.29, 0.717) is 6.33 Å². The van der Waals surface area contributed by atoms with Gasteiger partial charge in [0.25, 0.3) is 0 Å². The molecule has 0 bridgehead atoms. The Morgan fingerprint density at radius 1 is 1.38 bits per heavy atom. The first-order valence-corrected chi connectivity index (χ1v) is 4.59. The number of rotatable bonds is 5. The van der Waals surface area contributed by atoms with Crippen molar-refractivity contribution < 1.29 is 51.7 Å². The SMILES string of the molecule is O=S(=O)([O-])CC=COCC=CF.[Na+]. The summed E-state index contributed by atoms with van der Waals surface area (Å²) >= 11 is 0. The predicted molar refractivity (Wildman–Crippen MR) is 39.9 cm³/mol. The first-order valence-electron chi connectivity index (χ1n) is 3.01. The average molecular weight is 218 g/mol. The quantitative estimate of drug-likeness (QED) is 0.222. The molecular weight excluding hydrogens is 210 g/mol.